The Balaban J connectivity index is 1.65. The molecule has 29 heavy (non-hydrogen) atoms. The van der Waals surface area contributed by atoms with Crippen molar-refractivity contribution < 1.29 is 9.90 Å². The zero-order valence-corrected chi connectivity index (χ0v) is 17.4. The van der Waals surface area contributed by atoms with Gasteiger partial charge in [-0.25, -0.2) is 4.79 Å². The van der Waals surface area contributed by atoms with Crippen molar-refractivity contribution in [2.24, 2.45) is 0 Å². The van der Waals surface area contributed by atoms with E-state index in [2.05, 4.69) is 16.1 Å². The number of carboxylic acids is 1. The van der Waals surface area contributed by atoms with E-state index >= 15 is 0 Å². The van der Waals surface area contributed by atoms with Crippen LogP contribution in [0.15, 0.2) is 35.2 Å². The number of aromatic carboxylic acids is 1. The van der Waals surface area contributed by atoms with Gasteiger partial charge in [0.15, 0.2) is 0 Å². The SMILES string of the molecule is N#Cc1cc(NSc2cc(C(=O)O)ccc2C2CC2)c(C2CCCCN2)cc1Cl. The third-order valence-electron chi connectivity index (χ3n) is 5.49. The molecule has 3 N–H and O–H groups in total. The summed E-state index contributed by atoms with van der Waals surface area (Å²) in [5.41, 5.74) is 3.78. The van der Waals surface area contributed by atoms with Crippen LogP contribution in [-0.4, -0.2) is 17.6 Å². The van der Waals surface area contributed by atoms with Crippen molar-refractivity contribution in [3.05, 3.63) is 57.6 Å². The number of hydrogen-bond donors (Lipinski definition) is 3. The summed E-state index contributed by atoms with van der Waals surface area (Å²) in [6.07, 6.45) is 5.59. The molecule has 1 heterocycles. The molecular weight excluding hydrogens is 406 g/mol. The van der Waals surface area contributed by atoms with Gasteiger partial charge in [0, 0.05) is 10.9 Å². The molecule has 150 valence electrons. The second kappa shape index (κ2) is 8.66. The second-order valence-electron chi connectivity index (χ2n) is 7.57. The Morgan fingerprint density at radius 2 is 2.03 bits per heavy atom. The van der Waals surface area contributed by atoms with E-state index in [1.807, 2.05) is 12.1 Å². The minimum atomic E-state index is -0.931. The molecule has 1 saturated heterocycles. The first-order valence-electron chi connectivity index (χ1n) is 9.84. The molecule has 1 aliphatic carbocycles. The van der Waals surface area contributed by atoms with E-state index in [1.54, 1.807) is 18.2 Å². The summed E-state index contributed by atoms with van der Waals surface area (Å²) in [6.45, 7) is 0.960. The normalized spacial score (nSPS) is 18.8. The van der Waals surface area contributed by atoms with Crippen molar-refractivity contribution in [1.82, 2.24) is 5.32 Å². The van der Waals surface area contributed by atoms with E-state index in [-0.39, 0.29) is 11.6 Å². The number of benzene rings is 2. The highest BCUT2D eigenvalue weighted by atomic mass is 35.5. The second-order valence-corrected chi connectivity index (χ2v) is 8.83. The molecule has 2 aromatic carbocycles. The highest BCUT2D eigenvalue weighted by molar-refractivity contribution is 8.00. The van der Waals surface area contributed by atoms with E-state index in [0.29, 0.717) is 16.5 Å². The predicted octanol–water partition coefficient (Wildman–Crippen LogP) is 5.72. The number of nitrogens with one attached hydrogen (secondary N) is 2. The number of nitrogens with zero attached hydrogens (tertiary/aromatic N) is 1. The van der Waals surface area contributed by atoms with Crippen molar-refractivity contribution in [2.45, 2.75) is 49.0 Å². The minimum Gasteiger partial charge on any atom is -0.478 e. The summed E-state index contributed by atoms with van der Waals surface area (Å²) < 4.78 is 3.39. The van der Waals surface area contributed by atoms with Crippen LogP contribution in [0.2, 0.25) is 5.02 Å². The van der Waals surface area contributed by atoms with E-state index in [9.17, 15) is 15.2 Å². The largest absolute Gasteiger partial charge is 0.478 e. The van der Waals surface area contributed by atoms with Gasteiger partial charge in [0.2, 0.25) is 0 Å². The molecule has 0 spiro atoms. The maximum absolute atomic E-state index is 11.4. The van der Waals surface area contributed by atoms with Gasteiger partial charge in [0.25, 0.3) is 0 Å². The van der Waals surface area contributed by atoms with Crippen LogP contribution in [0, 0.1) is 11.3 Å². The number of piperidine rings is 1. The third kappa shape index (κ3) is 4.53. The Hall–Kier alpha value is -2.20. The number of carbonyl (C=O) groups is 1. The number of carboxylic acid groups (broad SMARTS) is 1. The molecule has 1 unspecified atom stereocenters. The van der Waals surface area contributed by atoms with E-state index in [0.717, 1.165) is 54.8 Å². The predicted molar refractivity (Wildman–Crippen MR) is 116 cm³/mol. The highest BCUT2D eigenvalue weighted by Gasteiger charge is 2.27. The molecule has 0 amide bonds. The lowest BCUT2D eigenvalue weighted by Crippen LogP contribution is -2.27. The maximum atomic E-state index is 11.4. The number of halogens is 1. The quantitative estimate of drug-likeness (QED) is 0.511. The van der Waals surface area contributed by atoms with Crippen molar-refractivity contribution in [1.29, 1.82) is 5.26 Å². The molecule has 1 atom stereocenters. The standard InChI is InChI=1S/C22H22ClN3O2S/c23-18-11-17(19-3-1-2-8-25-19)20(9-15(18)12-24)26-29-21-10-14(22(27)28)6-7-16(21)13-4-5-13/h6-7,9-11,13,19,25-26H,1-5,8H2,(H,27,28). The van der Waals surface area contributed by atoms with Crippen LogP contribution in [0.25, 0.3) is 0 Å². The van der Waals surface area contributed by atoms with E-state index in [1.165, 1.54) is 17.5 Å². The Morgan fingerprint density at radius 3 is 2.69 bits per heavy atom. The van der Waals surface area contributed by atoms with Crippen LogP contribution >= 0.6 is 23.5 Å². The van der Waals surface area contributed by atoms with Crippen molar-refractivity contribution in [2.75, 3.05) is 11.3 Å². The third-order valence-corrected chi connectivity index (χ3v) is 6.70. The fourth-order valence-electron chi connectivity index (χ4n) is 3.77. The molecule has 5 nitrogen and oxygen atoms in total. The zero-order valence-electron chi connectivity index (χ0n) is 15.9. The molecular formula is C22H22ClN3O2S. The first-order valence-corrected chi connectivity index (χ1v) is 11.0. The fourth-order valence-corrected chi connectivity index (χ4v) is 4.92. The van der Waals surface area contributed by atoms with Crippen LogP contribution in [0.1, 0.15) is 71.1 Å². The topological polar surface area (TPSA) is 85.2 Å². The summed E-state index contributed by atoms with van der Waals surface area (Å²) in [4.78, 5) is 12.3. The van der Waals surface area contributed by atoms with Gasteiger partial charge in [0.1, 0.15) is 6.07 Å². The summed E-state index contributed by atoms with van der Waals surface area (Å²) in [5, 5.41) is 22.8. The van der Waals surface area contributed by atoms with Gasteiger partial charge in [0.05, 0.1) is 21.8 Å². The molecule has 2 aliphatic rings. The molecule has 0 aromatic heterocycles. The van der Waals surface area contributed by atoms with Crippen LogP contribution in [0.5, 0.6) is 0 Å². The summed E-state index contributed by atoms with van der Waals surface area (Å²) in [6, 6.07) is 11.3. The molecule has 2 fully saturated rings. The van der Waals surface area contributed by atoms with Crippen LogP contribution < -0.4 is 10.0 Å². The highest BCUT2D eigenvalue weighted by Crippen LogP contribution is 2.45. The van der Waals surface area contributed by atoms with Gasteiger partial charge in [-0.05, 0) is 85.5 Å². The average Bonchev–Trinajstić information content (AvgIpc) is 3.58. The molecule has 0 bridgehead atoms. The summed E-state index contributed by atoms with van der Waals surface area (Å²) >= 11 is 7.73. The summed E-state index contributed by atoms with van der Waals surface area (Å²) in [7, 11) is 0. The van der Waals surface area contributed by atoms with Crippen molar-refractivity contribution in [3.8, 4) is 6.07 Å². The van der Waals surface area contributed by atoms with Crippen LogP contribution in [0.3, 0.4) is 0 Å². The number of anilines is 1. The molecule has 1 saturated carbocycles. The molecule has 7 heteroatoms. The minimum absolute atomic E-state index is 0.186. The Bertz CT molecular complexity index is 979. The number of rotatable bonds is 6. The first-order chi connectivity index (χ1) is 14.1. The van der Waals surface area contributed by atoms with Gasteiger partial charge < -0.3 is 15.1 Å². The Morgan fingerprint density at radius 1 is 1.21 bits per heavy atom. The lowest BCUT2D eigenvalue weighted by Gasteiger charge is -2.26. The van der Waals surface area contributed by atoms with Crippen molar-refractivity contribution in [3.63, 3.8) is 0 Å². The van der Waals surface area contributed by atoms with Gasteiger partial charge in [-0.3, -0.25) is 0 Å². The number of nitriles is 1. The maximum Gasteiger partial charge on any atom is 0.335 e. The van der Waals surface area contributed by atoms with E-state index in [4.69, 9.17) is 11.6 Å². The van der Waals surface area contributed by atoms with Crippen molar-refractivity contribution >= 4 is 35.2 Å². The number of hydrogen-bond acceptors (Lipinski definition) is 5. The molecule has 1 aliphatic heterocycles. The Labute approximate surface area is 179 Å². The lowest BCUT2D eigenvalue weighted by atomic mass is 9.95. The van der Waals surface area contributed by atoms with E-state index < -0.39 is 5.97 Å². The van der Waals surface area contributed by atoms with Gasteiger partial charge in [-0.15, -0.1) is 0 Å². The Kier molecular flexibility index (Phi) is 6.00. The van der Waals surface area contributed by atoms with Gasteiger partial charge in [-0.2, -0.15) is 5.26 Å². The average molecular weight is 428 g/mol. The smallest absolute Gasteiger partial charge is 0.335 e. The van der Waals surface area contributed by atoms with Crippen LogP contribution in [0.4, 0.5) is 5.69 Å². The molecule has 0 radical (unpaired) electrons. The lowest BCUT2D eigenvalue weighted by molar-refractivity contribution is 0.0696. The fraction of sp³-hybridized carbons (Fsp3) is 0.364. The molecule has 4 rings (SSSR count). The monoisotopic (exact) mass is 427 g/mol. The summed E-state index contributed by atoms with van der Waals surface area (Å²) in [5.74, 6) is -0.430. The molecule has 2 aromatic rings. The zero-order chi connectivity index (χ0) is 20.4. The van der Waals surface area contributed by atoms with Crippen LogP contribution in [-0.2, 0) is 0 Å². The van der Waals surface area contributed by atoms with Gasteiger partial charge in [-0.1, -0.05) is 24.1 Å². The first kappa shape index (κ1) is 20.1. The van der Waals surface area contributed by atoms with Gasteiger partial charge >= 0.3 is 5.97 Å².